The Morgan fingerprint density at radius 2 is 1.87 bits per heavy atom. The first-order chi connectivity index (χ1) is 21.7. The van der Waals surface area contributed by atoms with Crippen LogP contribution in [0.25, 0.3) is 0 Å². The third-order valence-electron chi connectivity index (χ3n) is 7.25. The monoisotopic (exact) mass is 642 g/mol. The summed E-state index contributed by atoms with van der Waals surface area (Å²) in [6.45, 7) is -2.51. The molecule has 10 nitrogen and oxygen atoms in total. The molecule has 45 heavy (non-hydrogen) atoms. The molecule has 1 saturated heterocycles. The third kappa shape index (κ3) is 7.53. The van der Waals surface area contributed by atoms with Gasteiger partial charge in [-0.25, -0.2) is 14.2 Å². The molecule has 4 amide bonds. The Labute approximate surface area is 262 Å². The first kappa shape index (κ1) is 33.2. The van der Waals surface area contributed by atoms with Crippen molar-refractivity contribution >= 4 is 41.0 Å². The van der Waals surface area contributed by atoms with Crippen LogP contribution in [0, 0.1) is 17.1 Å². The molecular weight excluding hydrogens is 613 g/mol. The zero-order chi connectivity index (χ0) is 32.5. The van der Waals surface area contributed by atoms with Gasteiger partial charge in [-0.05, 0) is 49.2 Å². The number of nitriles is 1. The van der Waals surface area contributed by atoms with Gasteiger partial charge >= 0.3 is 6.03 Å². The fourth-order valence-electron chi connectivity index (χ4n) is 5.14. The van der Waals surface area contributed by atoms with Crippen LogP contribution in [0.1, 0.15) is 30.0 Å². The fraction of sp³-hybridized carbons (Fsp3) is 0.323. The molecule has 1 aliphatic rings. The molecule has 2 atom stereocenters. The number of amides is 4. The number of aromatic nitrogens is 1. The van der Waals surface area contributed by atoms with E-state index in [0.29, 0.717) is 0 Å². The molecule has 0 spiro atoms. The number of aliphatic hydroxyl groups excluding tert-OH is 1. The number of carbonyl (C=O) groups is 3. The average molecular weight is 643 g/mol. The summed E-state index contributed by atoms with van der Waals surface area (Å²) in [7, 11) is 0. The number of aliphatic hydroxyl groups is 1. The highest BCUT2D eigenvalue weighted by molar-refractivity contribution is 6.31. The van der Waals surface area contributed by atoms with E-state index in [2.05, 4.69) is 10.3 Å². The SMILES string of the molecule is N#Cc1ccnc(N2C(=O)N(CCO)C[C@H]2C(=O)N(c2cccc(F)c2)C(C(=O)NC(CCF)CCF)c2ccccc2Cl)c1. The van der Waals surface area contributed by atoms with E-state index in [9.17, 15) is 37.9 Å². The molecular formula is C31H30ClF3N6O4. The number of pyridine rings is 1. The number of alkyl halides is 2. The van der Waals surface area contributed by atoms with E-state index in [4.69, 9.17) is 11.6 Å². The highest BCUT2D eigenvalue weighted by Crippen LogP contribution is 2.35. The molecule has 1 unspecified atom stereocenters. The maximum atomic E-state index is 14.7. The van der Waals surface area contributed by atoms with E-state index < -0.39 is 61.7 Å². The summed E-state index contributed by atoms with van der Waals surface area (Å²) >= 11 is 6.54. The van der Waals surface area contributed by atoms with E-state index in [0.717, 1.165) is 21.9 Å². The van der Waals surface area contributed by atoms with E-state index in [1.54, 1.807) is 12.1 Å². The Bertz CT molecular complexity index is 1570. The molecule has 14 heteroatoms. The van der Waals surface area contributed by atoms with E-state index in [1.807, 2.05) is 6.07 Å². The second-order valence-corrected chi connectivity index (χ2v) is 10.5. The summed E-state index contributed by atoms with van der Waals surface area (Å²) in [4.78, 5) is 49.8. The lowest BCUT2D eigenvalue weighted by Crippen LogP contribution is -2.53. The molecule has 0 saturated carbocycles. The Hall–Kier alpha value is -4.67. The van der Waals surface area contributed by atoms with Gasteiger partial charge in [0.15, 0.2) is 0 Å². The molecule has 1 aliphatic heterocycles. The van der Waals surface area contributed by atoms with Crippen LogP contribution < -0.4 is 15.1 Å². The molecule has 3 aromatic rings. The number of β-amino-alcohol motifs (C(OH)–C–C–N with tert-alkyl or cyclic N) is 1. The average Bonchev–Trinajstić information content (AvgIpc) is 3.36. The minimum atomic E-state index is -1.59. The minimum absolute atomic E-state index is 0.0401. The van der Waals surface area contributed by atoms with Gasteiger partial charge in [-0.2, -0.15) is 5.26 Å². The van der Waals surface area contributed by atoms with Gasteiger partial charge in [0.25, 0.3) is 5.91 Å². The van der Waals surface area contributed by atoms with Crippen molar-refractivity contribution in [3.63, 3.8) is 0 Å². The van der Waals surface area contributed by atoms with Gasteiger partial charge in [-0.1, -0.05) is 35.9 Å². The number of carbonyl (C=O) groups excluding carboxylic acids is 3. The van der Waals surface area contributed by atoms with Gasteiger partial charge < -0.3 is 15.3 Å². The predicted octanol–water partition coefficient (Wildman–Crippen LogP) is 4.33. The molecule has 1 fully saturated rings. The number of nitrogens with one attached hydrogen (secondary N) is 1. The standard InChI is InChI=1S/C31H30ClF3N6O4/c32-25-7-2-1-6-24(25)28(29(43)38-22(8-11-33)9-12-34)40(23-5-3-4-21(35)17-23)30(44)26-19-39(14-15-42)31(45)41(26)27-16-20(18-36)10-13-37-27/h1-7,10,13,16-17,22,26,28,42H,8-9,11-12,14-15,19H2,(H,38,43)/t26-,28?/m0/s1. The summed E-state index contributed by atoms with van der Waals surface area (Å²) in [5, 5.41) is 21.7. The van der Waals surface area contributed by atoms with Gasteiger partial charge in [-0.15, -0.1) is 0 Å². The molecule has 0 radical (unpaired) electrons. The lowest BCUT2D eigenvalue weighted by atomic mass is 10.0. The number of rotatable bonds is 13. The van der Waals surface area contributed by atoms with Crippen LogP contribution >= 0.6 is 11.6 Å². The maximum absolute atomic E-state index is 14.7. The lowest BCUT2D eigenvalue weighted by Gasteiger charge is -2.35. The van der Waals surface area contributed by atoms with Crippen molar-refractivity contribution in [2.45, 2.75) is 31.0 Å². The zero-order valence-electron chi connectivity index (χ0n) is 24.0. The van der Waals surface area contributed by atoms with Crippen LogP contribution in [0.2, 0.25) is 5.02 Å². The molecule has 2 heterocycles. The summed E-state index contributed by atoms with van der Waals surface area (Å²) < 4.78 is 41.3. The normalized spacial score (nSPS) is 15.2. The van der Waals surface area contributed by atoms with Crippen molar-refractivity contribution in [1.29, 1.82) is 5.26 Å². The third-order valence-corrected chi connectivity index (χ3v) is 7.59. The van der Waals surface area contributed by atoms with Crippen LogP contribution in [0.5, 0.6) is 0 Å². The van der Waals surface area contributed by atoms with Crippen molar-refractivity contribution in [3.05, 3.63) is 88.8 Å². The van der Waals surface area contributed by atoms with E-state index in [1.165, 1.54) is 47.5 Å². The van der Waals surface area contributed by atoms with Crippen LogP contribution in [0.15, 0.2) is 66.9 Å². The molecule has 236 valence electrons. The molecule has 1 aromatic heterocycles. The van der Waals surface area contributed by atoms with E-state index in [-0.39, 0.29) is 53.6 Å². The first-order valence-electron chi connectivity index (χ1n) is 14.0. The minimum Gasteiger partial charge on any atom is -0.395 e. The van der Waals surface area contributed by atoms with Gasteiger partial charge in [0.05, 0.1) is 38.1 Å². The summed E-state index contributed by atoms with van der Waals surface area (Å²) in [5.41, 5.74) is 0.210. The smallest absolute Gasteiger partial charge is 0.326 e. The number of anilines is 2. The van der Waals surface area contributed by atoms with Crippen molar-refractivity contribution < 1.29 is 32.7 Å². The van der Waals surface area contributed by atoms with Gasteiger partial charge in [0, 0.05) is 35.1 Å². The van der Waals surface area contributed by atoms with Gasteiger partial charge in [0.1, 0.15) is 23.7 Å². The maximum Gasteiger partial charge on any atom is 0.326 e. The van der Waals surface area contributed by atoms with Gasteiger partial charge in [0.2, 0.25) is 5.91 Å². The molecule has 4 rings (SSSR count). The van der Waals surface area contributed by atoms with Crippen LogP contribution in [-0.2, 0) is 9.59 Å². The summed E-state index contributed by atoms with van der Waals surface area (Å²) in [6, 6.07) is 11.1. The van der Waals surface area contributed by atoms with Crippen LogP contribution in [-0.4, -0.2) is 78.0 Å². The number of nitrogens with zero attached hydrogens (tertiary/aromatic N) is 5. The number of benzene rings is 2. The Morgan fingerprint density at radius 3 is 2.51 bits per heavy atom. The topological polar surface area (TPSA) is 130 Å². The summed E-state index contributed by atoms with van der Waals surface area (Å²) in [5.74, 6) is -2.48. The highest BCUT2D eigenvalue weighted by Gasteiger charge is 2.47. The lowest BCUT2D eigenvalue weighted by molar-refractivity contribution is -0.127. The Kier molecular flexibility index (Phi) is 11.3. The molecule has 0 bridgehead atoms. The van der Waals surface area contributed by atoms with Gasteiger partial charge in [-0.3, -0.25) is 28.2 Å². The molecule has 2 N–H and O–H groups in total. The second-order valence-electron chi connectivity index (χ2n) is 10.1. The zero-order valence-corrected chi connectivity index (χ0v) is 24.7. The highest BCUT2D eigenvalue weighted by atomic mass is 35.5. The largest absolute Gasteiger partial charge is 0.395 e. The van der Waals surface area contributed by atoms with Crippen molar-refractivity contribution in [3.8, 4) is 6.07 Å². The van der Waals surface area contributed by atoms with Crippen molar-refractivity contribution in [1.82, 2.24) is 15.2 Å². The van der Waals surface area contributed by atoms with E-state index >= 15 is 0 Å². The molecule has 0 aliphatic carbocycles. The Balaban J connectivity index is 1.90. The Morgan fingerprint density at radius 1 is 1.13 bits per heavy atom. The summed E-state index contributed by atoms with van der Waals surface area (Å²) in [6.07, 6.45) is 0.902. The van der Waals surface area contributed by atoms with Crippen LogP contribution in [0.3, 0.4) is 0 Å². The quantitative estimate of drug-likeness (QED) is 0.286. The number of hydrogen-bond donors (Lipinski definition) is 2. The predicted molar refractivity (Wildman–Crippen MR) is 160 cm³/mol. The number of halogens is 4. The second kappa shape index (κ2) is 15.4. The molecule has 2 aromatic carbocycles. The fourth-order valence-corrected chi connectivity index (χ4v) is 5.38. The first-order valence-corrected chi connectivity index (χ1v) is 14.4. The van der Waals surface area contributed by atoms with Crippen molar-refractivity contribution in [2.75, 3.05) is 42.8 Å². The van der Waals surface area contributed by atoms with Crippen LogP contribution in [0.4, 0.5) is 29.5 Å². The number of urea groups is 1. The number of hydrogen-bond acceptors (Lipinski definition) is 6. The van der Waals surface area contributed by atoms with Crippen molar-refractivity contribution in [2.24, 2.45) is 0 Å².